The van der Waals surface area contributed by atoms with Gasteiger partial charge in [0.1, 0.15) is 0 Å². The molecule has 0 fully saturated rings. The van der Waals surface area contributed by atoms with Crippen LogP contribution in [0.2, 0.25) is 0 Å². The average molecular weight is 207 g/mol. The van der Waals surface area contributed by atoms with E-state index in [4.69, 9.17) is 0 Å². The standard InChI is InChI=1S/C9H5BrN/c10-9-3-1-2-7-6-11-5-4-8(7)9/h1-4,6H. The number of hydrogen-bond donors (Lipinski definition) is 0. The van der Waals surface area contributed by atoms with E-state index in [1.165, 1.54) is 0 Å². The lowest BCUT2D eigenvalue weighted by atomic mass is 10.2. The van der Waals surface area contributed by atoms with Crippen LogP contribution >= 0.6 is 15.9 Å². The molecule has 0 aliphatic rings. The van der Waals surface area contributed by atoms with E-state index in [-0.39, 0.29) is 0 Å². The Bertz CT molecular complexity index is 379. The fraction of sp³-hybridized carbons (Fsp3) is 0. The second kappa shape index (κ2) is 2.62. The number of rotatable bonds is 0. The highest BCUT2D eigenvalue weighted by Crippen LogP contribution is 2.21. The van der Waals surface area contributed by atoms with E-state index in [2.05, 4.69) is 27.1 Å². The van der Waals surface area contributed by atoms with E-state index >= 15 is 0 Å². The molecule has 2 rings (SSSR count). The fourth-order valence-corrected chi connectivity index (χ4v) is 1.52. The number of aromatic nitrogens is 1. The van der Waals surface area contributed by atoms with Gasteiger partial charge in [-0.15, -0.1) is 0 Å². The van der Waals surface area contributed by atoms with Crippen LogP contribution in [0.15, 0.2) is 34.9 Å². The van der Waals surface area contributed by atoms with Crippen molar-refractivity contribution in [2.45, 2.75) is 0 Å². The zero-order chi connectivity index (χ0) is 7.68. The van der Waals surface area contributed by atoms with E-state index in [0.29, 0.717) is 0 Å². The van der Waals surface area contributed by atoms with Gasteiger partial charge in [-0.05, 0) is 17.5 Å². The van der Waals surface area contributed by atoms with Crippen LogP contribution in [0, 0.1) is 6.20 Å². The summed E-state index contributed by atoms with van der Waals surface area (Å²) in [6.07, 6.45) is 4.60. The van der Waals surface area contributed by atoms with Crippen molar-refractivity contribution < 1.29 is 0 Å². The van der Waals surface area contributed by atoms with Crippen LogP contribution in [-0.4, -0.2) is 4.98 Å². The van der Waals surface area contributed by atoms with Gasteiger partial charge in [-0.2, -0.15) is 0 Å². The number of nitrogens with zero attached hydrogens (tertiary/aromatic N) is 1. The molecule has 0 atom stereocenters. The molecule has 1 aromatic carbocycles. The summed E-state index contributed by atoms with van der Waals surface area (Å²) in [5.74, 6) is 0. The van der Waals surface area contributed by atoms with Gasteiger partial charge in [0.15, 0.2) is 0 Å². The molecule has 0 saturated carbocycles. The molecule has 0 N–H and O–H groups in total. The second-order valence-corrected chi connectivity index (χ2v) is 3.13. The molecule has 2 aromatic rings. The Morgan fingerprint density at radius 3 is 3.09 bits per heavy atom. The van der Waals surface area contributed by atoms with Crippen LogP contribution in [0.1, 0.15) is 0 Å². The second-order valence-electron chi connectivity index (χ2n) is 2.27. The van der Waals surface area contributed by atoms with Crippen molar-refractivity contribution in [3.8, 4) is 0 Å². The third kappa shape index (κ3) is 1.14. The molecule has 53 valence electrons. The predicted molar refractivity (Wildman–Crippen MR) is 48.3 cm³/mol. The zero-order valence-corrected chi connectivity index (χ0v) is 7.30. The first-order valence-electron chi connectivity index (χ1n) is 3.28. The van der Waals surface area contributed by atoms with Gasteiger partial charge >= 0.3 is 0 Å². The van der Waals surface area contributed by atoms with Crippen molar-refractivity contribution in [3.05, 3.63) is 41.1 Å². The van der Waals surface area contributed by atoms with Crippen LogP contribution in [0.5, 0.6) is 0 Å². The van der Waals surface area contributed by atoms with Crippen molar-refractivity contribution in [2.24, 2.45) is 0 Å². The summed E-state index contributed by atoms with van der Waals surface area (Å²) < 4.78 is 1.09. The predicted octanol–water partition coefficient (Wildman–Crippen LogP) is 2.80. The van der Waals surface area contributed by atoms with E-state index < -0.39 is 0 Å². The summed E-state index contributed by atoms with van der Waals surface area (Å²) in [6, 6.07) is 7.91. The Morgan fingerprint density at radius 1 is 1.36 bits per heavy atom. The lowest BCUT2D eigenvalue weighted by Gasteiger charge is -1.96. The molecule has 0 amide bonds. The SMILES string of the molecule is Brc1cccc2cn[c]cc12. The van der Waals surface area contributed by atoms with Gasteiger partial charge in [0.25, 0.3) is 0 Å². The molecule has 0 saturated heterocycles. The highest BCUT2D eigenvalue weighted by atomic mass is 79.9. The normalized spacial score (nSPS) is 10.3. The molecule has 0 unspecified atom stereocenters. The average Bonchev–Trinajstić information content (AvgIpc) is 2.06. The van der Waals surface area contributed by atoms with Crippen LogP contribution in [0.25, 0.3) is 10.8 Å². The summed E-state index contributed by atoms with van der Waals surface area (Å²) in [5.41, 5.74) is 0. The summed E-state index contributed by atoms with van der Waals surface area (Å²) >= 11 is 3.45. The van der Waals surface area contributed by atoms with Gasteiger partial charge in [-0.3, -0.25) is 4.98 Å². The molecular weight excluding hydrogens is 202 g/mol. The van der Waals surface area contributed by atoms with E-state index in [0.717, 1.165) is 15.2 Å². The van der Waals surface area contributed by atoms with Gasteiger partial charge in [0.2, 0.25) is 0 Å². The van der Waals surface area contributed by atoms with Crippen LogP contribution in [0.3, 0.4) is 0 Å². The minimum atomic E-state index is 1.09. The largest absolute Gasteiger partial charge is 0.254 e. The highest BCUT2D eigenvalue weighted by Gasteiger charge is 1.94. The molecule has 1 heterocycles. The molecule has 0 bridgehead atoms. The molecule has 0 spiro atoms. The highest BCUT2D eigenvalue weighted by molar-refractivity contribution is 9.10. The van der Waals surface area contributed by atoms with Crippen molar-refractivity contribution >= 4 is 26.7 Å². The summed E-state index contributed by atoms with van der Waals surface area (Å²) in [7, 11) is 0. The topological polar surface area (TPSA) is 12.9 Å². The maximum Gasteiger partial charge on any atom is 0.0893 e. The van der Waals surface area contributed by atoms with Crippen LogP contribution in [-0.2, 0) is 0 Å². The summed E-state index contributed by atoms with van der Waals surface area (Å²) in [6.45, 7) is 0. The Morgan fingerprint density at radius 2 is 2.27 bits per heavy atom. The van der Waals surface area contributed by atoms with Crippen molar-refractivity contribution in [1.82, 2.24) is 4.98 Å². The monoisotopic (exact) mass is 206 g/mol. The fourth-order valence-electron chi connectivity index (χ4n) is 1.03. The Kier molecular flexibility index (Phi) is 1.62. The third-order valence-electron chi connectivity index (χ3n) is 1.57. The van der Waals surface area contributed by atoms with E-state index in [1.54, 1.807) is 6.20 Å². The van der Waals surface area contributed by atoms with Gasteiger partial charge < -0.3 is 0 Å². The first-order valence-corrected chi connectivity index (χ1v) is 4.07. The van der Waals surface area contributed by atoms with E-state index in [9.17, 15) is 0 Å². The van der Waals surface area contributed by atoms with Gasteiger partial charge in [-0.1, -0.05) is 28.1 Å². The van der Waals surface area contributed by atoms with Crippen molar-refractivity contribution in [1.29, 1.82) is 0 Å². The molecule has 1 nitrogen and oxygen atoms in total. The Balaban J connectivity index is 2.91. The van der Waals surface area contributed by atoms with E-state index in [1.807, 2.05) is 24.3 Å². The molecule has 0 aliphatic heterocycles. The molecule has 1 aromatic heterocycles. The number of hydrogen-bond acceptors (Lipinski definition) is 1. The minimum absolute atomic E-state index is 1.09. The minimum Gasteiger partial charge on any atom is -0.254 e. The number of halogens is 1. The first kappa shape index (κ1) is 6.80. The quantitative estimate of drug-likeness (QED) is 0.647. The smallest absolute Gasteiger partial charge is 0.0893 e. The Labute approximate surface area is 73.2 Å². The zero-order valence-electron chi connectivity index (χ0n) is 5.71. The molecule has 1 radical (unpaired) electrons. The number of benzene rings is 1. The van der Waals surface area contributed by atoms with Gasteiger partial charge in [0.05, 0.1) is 6.20 Å². The lowest BCUT2D eigenvalue weighted by molar-refractivity contribution is 1.34. The van der Waals surface area contributed by atoms with Gasteiger partial charge in [-0.25, -0.2) is 0 Å². The van der Waals surface area contributed by atoms with Gasteiger partial charge in [0, 0.05) is 16.1 Å². The maximum absolute atomic E-state index is 3.91. The number of fused-ring (bicyclic) bond motifs is 1. The first-order chi connectivity index (χ1) is 5.38. The number of pyridine rings is 1. The lowest BCUT2D eigenvalue weighted by Crippen LogP contribution is -1.75. The molecule has 11 heavy (non-hydrogen) atoms. The maximum atomic E-state index is 3.91. The molecule has 2 heteroatoms. The van der Waals surface area contributed by atoms with Crippen LogP contribution < -0.4 is 0 Å². The van der Waals surface area contributed by atoms with Crippen LogP contribution in [0.4, 0.5) is 0 Å². The molecule has 0 aliphatic carbocycles. The third-order valence-corrected chi connectivity index (χ3v) is 2.27. The molecular formula is C9H5BrN. The Hall–Kier alpha value is -0.890. The van der Waals surface area contributed by atoms with Crippen molar-refractivity contribution in [2.75, 3.05) is 0 Å². The summed E-state index contributed by atoms with van der Waals surface area (Å²) in [5, 5.41) is 2.29. The van der Waals surface area contributed by atoms with Crippen molar-refractivity contribution in [3.63, 3.8) is 0 Å². The summed E-state index contributed by atoms with van der Waals surface area (Å²) in [4.78, 5) is 3.91.